The van der Waals surface area contributed by atoms with Gasteiger partial charge < -0.3 is 10.2 Å². The molecule has 0 aromatic carbocycles. The molecule has 2 heterocycles. The Hall–Kier alpha value is -0.450. The van der Waals surface area contributed by atoms with E-state index in [4.69, 9.17) is 0 Å². The summed E-state index contributed by atoms with van der Waals surface area (Å²) in [6, 6.07) is 1.22. The van der Waals surface area contributed by atoms with E-state index in [-0.39, 0.29) is 0 Å². The molecular formula is C15H27N3S. The second-order valence-electron chi connectivity index (χ2n) is 5.71. The van der Waals surface area contributed by atoms with Gasteiger partial charge in [-0.1, -0.05) is 6.42 Å². The zero-order valence-corrected chi connectivity index (χ0v) is 13.3. The van der Waals surface area contributed by atoms with Crippen molar-refractivity contribution in [2.75, 3.05) is 19.6 Å². The normalized spacial score (nSPS) is 22.6. The van der Waals surface area contributed by atoms with E-state index < -0.39 is 0 Å². The van der Waals surface area contributed by atoms with Crippen LogP contribution in [0.5, 0.6) is 0 Å². The summed E-state index contributed by atoms with van der Waals surface area (Å²) in [5.41, 5.74) is 3.12. The number of rotatable bonds is 6. The molecule has 19 heavy (non-hydrogen) atoms. The first kappa shape index (κ1) is 14.9. The first-order valence-electron chi connectivity index (χ1n) is 7.56. The minimum absolute atomic E-state index is 0.436. The average molecular weight is 281 g/mol. The summed E-state index contributed by atoms with van der Waals surface area (Å²) in [5.74, 6) is 0. The second kappa shape index (κ2) is 7.36. The minimum atomic E-state index is 0.436. The first-order valence-corrected chi connectivity index (χ1v) is 8.44. The Morgan fingerprint density at radius 2 is 2.37 bits per heavy atom. The Morgan fingerprint density at radius 3 is 3.05 bits per heavy atom. The predicted octanol–water partition coefficient (Wildman–Crippen LogP) is 3.37. The lowest BCUT2D eigenvalue weighted by atomic mass is 10.0. The number of aromatic nitrogens is 1. The number of hydrogen-bond donors (Lipinski definition) is 1. The fourth-order valence-electron chi connectivity index (χ4n) is 2.91. The lowest BCUT2D eigenvalue weighted by Crippen LogP contribution is -2.39. The van der Waals surface area contributed by atoms with Crippen LogP contribution in [0.4, 0.5) is 0 Å². The van der Waals surface area contributed by atoms with Gasteiger partial charge in [0.1, 0.15) is 0 Å². The highest BCUT2D eigenvalue weighted by Gasteiger charge is 2.17. The molecule has 0 radical (unpaired) electrons. The molecule has 0 amide bonds. The number of likely N-dealkylation sites (tertiary alicyclic amines) is 1. The lowest BCUT2D eigenvalue weighted by molar-refractivity contribution is 0.158. The molecule has 1 aliphatic rings. The quantitative estimate of drug-likeness (QED) is 0.810. The maximum Gasteiger partial charge on any atom is 0.0798 e. The van der Waals surface area contributed by atoms with E-state index in [1.165, 1.54) is 49.3 Å². The summed E-state index contributed by atoms with van der Waals surface area (Å²) in [5, 5.41) is 3.62. The second-order valence-corrected chi connectivity index (χ2v) is 6.60. The van der Waals surface area contributed by atoms with Crippen LogP contribution in [-0.2, 0) is 0 Å². The van der Waals surface area contributed by atoms with Gasteiger partial charge >= 0.3 is 0 Å². The highest BCUT2D eigenvalue weighted by atomic mass is 32.1. The zero-order chi connectivity index (χ0) is 13.7. The lowest BCUT2D eigenvalue weighted by Gasteiger charge is -2.33. The molecule has 0 spiro atoms. The monoisotopic (exact) mass is 281 g/mol. The minimum Gasteiger partial charge on any atom is -0.309 e. The van der Waals surface area contributed by atoms with Crippen LogP contribution in [0.2, 0.25) is 0 Å². The number of aryl methyl sites for hydroxylation is 1. The van der Waals surface area contributed by atoms with Crippen LogP contribution in [0.1, 0.15) is 56.1 Å². The van der Waals surface area contributed by atoms with E-state index in [1.54, 1.807) is 11.3 Å². The van der Waals surface area contributed by atoms with Crippen LogP contribution in [-0.4, -0.2) is 35.6 Å². The highest BCUT2D eigenvalue weighted by Crippen LogP contribution is 2.21. The van der Waals surface area contributed by atoms with E-state index >= 15 is 0 Å². The van der Waals surface area contributed by atoms with Gasteiger partial charge in [0.2, 0.25) is 0 Å². The molecule has 0 saturated carbocycles. The molecule has 0 aliphatic carbocycles. The van der Waals surface area contributed by atoms with Crippen molar-refractivity contribution in [3.63, 3.8) is 0 Å². The molecule has 2 rings (SSSR count). The number of nitrogens with zero attached hydrogens (tertiary/aromatic N) is 2. The van der Waals surface area contributed by atoms with Gasteiger partial charge in [-0.2, -0.15) is 0 Å². The number of hydrogen-bond acceptors (Lipinski definition) is 4. The molecule has 4 heteroatoms. The summed E-state index contributed by atoms with van der Waals surface area (Å²) in [4.78, 5) is 8.35. The van der Waals surface area contributed by atoms with E-state index in [9.17, 15) is 0 Å². The van der Waals surface area contributed by atoms with Crippen molar-refractivity contribution >= 4 is 11.3 Å². The molecule has 0 bridgehead atoms. The van der Waals surface area contributed by atoms with E-state index in [0.29, 0.717) is 6.04 Å². The molecule has 2 unspecified atom stereocenters. The zero-order valence-electron chi connectivity index (χ0n) is 12.5. The van der Waals surface area contributed by atoms with Gasteiger partial charge in [-0.15, -0.1) is 11.3 Å². The fraction of sp³-hybridized carbons (Fsp3) is 0.800. The summed E-state index contributed by atoms with van der Waals surface area (Å²) in [6.45, 7) is 10.3. The van der Waals surface area contributed by atoms with Crippen molar-refractivity contribution in [3.05, 3.63) is 16.1 Å². The standard InChI is InChI=1S/C15H27N3S/c1-12-7-4-5-9-18(12)10-6-8-16-13(2)15-14(3)17-11-19-15/h11-13,16H,4-10H2,1-3H3. The molecule has 1 aromatic rings. The van der Waals surface area contributed by atoms with Crippen molar-refractivity contribution in [3.8, 4) is 0 Å². The van der Waals surface area contributed by atoms with E-state index in [0.717, 1.165) is 12.6 Å². The maximum absolute atomic E-state index is 4.32. The number of thiazole rings is 1. The molecule has 2 atom stereocenters. The summed E-state index contributed by atoms with van der Waals surface area (Å²) >= 11 is 1.76. The van der Waals surface area contributed by atoms with Gasteiger partial charge in [0.15, 0.2) is 0 Å². The molecule has 1 saturated heterocycles. The van der Waals surface area contributed by atoms with Crippen molar-refractivity contribution in [1.82, 2.24) is 15.2 Å². The molecule has 1 aromatic heterocycles. The van der Waals surface area contributed by atoms with Crippen LogP contribution in [0.15, 0.2) is 5.51 Å². The van der Waals surface area contributed by atoms with Crippen molar-refractivity contribution in [1.29, 1.82) is 0 Å². The fourth-order valence-corrected chi connectivity index (χ4v) is 3.74. The third kappa shape index (κ3) is 4.26. The van der Waals surface area contributed by atoms with Crippen molar-refractivity contribution < 1.29 is 0 Å². The molecule has 1 aliphatic heterocycles. The Bertz CT molecular complexity index is 377. The average Bonchev–Trinajstić information content (AvgIpc) is 2.82. The third-order valence-corrected chi connectivity index (χ3v) is 5.30. The van der Waals surface area contributed by atoms with Crippen LogP contribution in [0.3, 0.4) is 0 Å². The Labute approximate surface area is 121 Å². The highest BCUT2D eigenvalue weighted by molar-refractivity contribution is 7.09. The van der Waals surface area contributed by atoms with Crippen LogP contribution < -0.4 is 5.32 Å². The van der Waals surface area contributed by atoms with Crippen LogP contribution >= 0.6 is 11.3 Å². The van der Waals surface area contributed by atoms with Gasteiger partial charge in [-0.25, -0.2) is 4.98 Å². The van der Waals surface area contributed by atoms with Crippen LogP contribution in [0.25, 0.3) is 0 Å². The Morgan fingerprint density at radius 1 is 1.53 bits per heavy atom. The first-order chi connectivity index (χ1) is 9.18. The van der Waals surface area contributed by atoms with Crippen molar-refractivity contribution in [2.45, 2.75) is 58.5 Å². The topological polar surface area (TPSA) is 28.2 Å². The van der Waals surface area contributed by atoms with Crippen molar-refractivity contribution in [2.24, 2.45) is 0 Å². The Balaban J connectivity index is 1.65. The van der Waals surface area contributed by atoms with Gasteiger partial charge in [0.05, 0.1) is 11.2 Å². The van der Waals surface area contributed by atoms with E-state index in [2.05, 4.69) is 36.0 Å². The number of piperidine rings is 1. The Kier molecular flexibility index (Phi) is 5.79. The molecule has 108 valence electrons. The largest absolute Gasteiger partial charge is 0.309 e. The maximum atomic E-state index is 4.32. The SMILES string of the molecule is Cc1ncsc1C(C)NCCCN1CCCCC1C. The molecule has 3 nitrogen and oxygen atoms in total. The summed E-state index contributed by atoms with van der Waals surface area (Å²) in [6.07, 6.45) is 5.42. The predicted molar refractivity (Wildman–Crippen MR) is 82.8 cm³/mol. The summed E-state index contributed by atoms with van der Waals surface area (Å²) < 4.78 is 0. The third-order valence-electron chi connectivity index (χ3n) is 4.19. The summed E-state index contributed by atoms with van der Waals surface area (Å²) in [7, 11) is 0. The van der Waals surface area contributed by atoms with Crippen LogP contribution in [0, 0.1) is 6.92 Å². The number of nitrogens with one attached hydrogen (secondary N) is 1. The van der Waals surface area contributed by atoms with E-state index in [1.807, 2.05) is 5.51 Å². The van der Waals surface area contributed by atoms with Gasteiger partial charge in [-0.3, -0.25) is 0 Å². The smallest absolute Gasteiger partial charge is 0.0798 e. The molecule has 1 N–H and O–H groups in total. The van der Waals surface area contributed by atoms with Gasteiger partial charge in [-0.05, 0) is 59.7 Å². The molecular weight excluding hydrogens is 254 g/mol. The van der Waals surface area contributed by atoms with Gasteiger partial charge in [0.25, 0.3) is 0 Å². The molecule has 1 fully saturated rings. The van der Waals surface area contributed by atoms with Gasteiger partial charge in [0, 0.05) is 17.0 Å².